The van der Waals surface area contributed by atoms with Crippen LogP contribution in [0.4, 0.5) is 0 Å². The van der Waals surface area contributed by atoms with Crippen molar-refractivity contribution in [3.05, 3.63) is 72.0 Å². The quantitative estimate of drug-likeness (QED) is 0.756. The summed E-state index contributed by atoms with van der Waals surface area (Å²) in [5.74, 6) is 0.858. The van der Waals surface area contributed by atoms with E-state index in [0.717, 1.165) is 23.2 Å². The maximum absolute atomic E-state index is 12.9. The molecule has 1 aliphatic heterocycles. The number of nitrogens with one attached hydrogen (secondary N) is 2. The fourth-order valence-electron chi connectivity index (χ4n) is 3.46. The molecule has 0 saturated carbocycles. The first-order valence-corrected chi connectivity index (χ1v) is 8.94. The van der Waals surface area contributed by atoms with Crippen LogP contribution in [0.1, 0.15) is 36.8 Å². The Morgan fingerprint density at radius 3 is 2.62 bits per heavy atom. The highest BCUT2D eigenvalue weighted by molar-refractivity contribution is 5.83. The smallest absolute Gasteiger partial charge is 0.241 e. The highest BCUT2D eigenvalue weighted by Crippen LogP contribution is 2.28. The molecule has 2 N–H and O–H groups in total. The zero-order chi connectivity index (χ0) is 18.1. The number of hydrogen-bond donors (Lipinski definition) is 2. The lowest BCUT2D eigenvalue weighted by atomic mass is 10.0. The van der Waals surface area contributed by atoms with Crippen molar-refractivity contribution in [3.63, 3.8) is 0 Å². The fourth-order valence-corrected chi connectivity index (χ4v) is 3.46. The maximum Gasteiger partial charge on any atom is 0.241 e. The minimum atomic E-state index is -0.253. The molecule has 1 saturated heterocycles. The van der Waals surface area contributed by atoms with Crippen molar-refractivity contribution in [2.45, 2.75) is 31.5 Å². The van der Waals surface area contributed by atoms with E-state index in [1.807, 2.05) is 62.5 Å². The van der Waals surface area contributed by atoms with Crippen LogP contribution < -0.4 is 10.9 Å². The fraction of sp³-hybridized carbons (Fsp3) is 0.286. The minimum absolute atomic E-state index is 0.0592. The number of amides is 1. The summed E-state index contributed by atoms with van der Waals surface area (Å²) in [7, 11) is 1.83. The SMILES string of the molecule is CC(c1cc2ccccc2o1)N(C)C(=O)C1CC(c2ccccc2)NN1. The van der Waals surface area contributed by atoms with Crippen LogP contribution in [0, 0.1) is 0 Å². The van der Waals surface area contributed by atoms with Crippen LogP contribution in [0.5, 0.6) is 0 Å². The second kappa shape index (κ2) is 6.94. The topological polar surface area (TPSA) is 57.5 Å². The van der Waals surface area contributed by atoms with Gasteiger partial charge in [-0.2, -0.15) is 0 Å². The summed E-state index contributed by atoms with van der Waals surface area (Å²) in [6, 6.07) is 19.8. The number of benzene rings is 2. The van der Waals surface area contributed by atoms with Crippen LogP contribution in [-0.4, -0.2) is 23.9 Å². The van der Waals surface area contributed by atoms with Gasteiger partial charge in [-0.15, -0.1) is 0 Å². The second-order valence-electron chi connectivity index (χ2n) is 6.85. The normalized spacial score (nSPS) is 21.0. The van der Waals surface area contributed by atoms with Gasteiger partial charge in [-0.25, -0.2) is 10.9 Å². The molecule has 134 valence electrons. The average molecular weight is 349 g/mol. The Bertz CT molecular complexity index is 873. The van der Waals surface area contributed by atoms with Gasteiger partial charge in [0.1, 0.15) is 17.4 Å². The lowest BCUT2D eigenvalue weighted by molar-refractivity contribution is -0.134. The molecule has 0 spiro atoms. The Kier molecular flexibility index (Phi) is 4.49. The number of para-hydroxylation sites is 1. The monoisotopic (exact) mass is 349 g/mol. The molecule has 1 aromatic heterocycles. The van der Waals surface area contributed by atoms with Gasteiger partial charge >= 0.3 is 0 Å². The van der Waals surface area contributed by atoms with Crippen LogP contribution in [0.2, 0.25) is 0 Å². The van der Waals surface area contributed by atoms with Crippen molar-refractivity contribution in [3.8, 4) is 0 Å². The van der Waals surface area contributed by atoms with Gasteiger partial charge in [-0.05, 0) is 31.0 Å². The summed E-state index contributed by atoms with van der Waals surface area (Å²) in [6.07, 6.45) is 0.722. The molecule has 3 unspecified atom stereocenters. The van der Waals surface area contributed by atoms with E-state index >= 15 is 0 Å². The summed E-state index contributed by atoms with van der Waals surface area (Å²) in [5, 5.41) is 1.06. The standard InChI is InChI=1S/C21H23N3O2/c1-14(20-12-16-10-6-7-11-19(16)26-20)24(2)21(25)18-13-17(22-23-18)15-8-4-3-5-9-15/h3-12,14,17-18,22-23H,13H2,1-2H3. The number of carbonyl (C=O) groups is 1. The Labute approximate surface area is 153 Å². The molecular formula is C21H23N3O2. The molecule has 0 radical (unpaired) electrons. The van der Waals surface area contributed by atoms with Crippen molar-refractivity contribution in [2.75, 3.05) is 7.05 Å². The van der Waals surface area contributed by atoms with Crippen molar-refractivity contribution < 1.29 is 9.21 Å². The first kappa shape index (κ1) is 16.8. The van der Waals surface area contributed by atoms with Crippen molar-refractivity contribution >= 4 is 16.9 Å². The van der Waals surface area contributed by atoms with E-state index in [2.05, 4.69) is 23.0 Å². The highest BCUT2D eigenvalue weighted by Gasteiger charge is 2.33. The van der Waals surface area contributed by atoms with Crippen LogP contribution in [-0.2, 0) is 4.79 Å². The Morgan fingerprint density at radius 1 is 1.12 bits per heavy atom. The summed E-state index contributed by atoms with van der Waals surface area (Å²) >= 11 is 0. The molecule has 3 aromatic rings. The number of furan rings is 1. The number of hydrogen-bond acceptors (Lipinski definition) is 4. The maximum atomic E-state index is 12.9. The van der Waals surface area contributed by atoms with Crippen molar-refractivity contribution in [2.24, 2.45) is 0 Å². The number of likely N-dealkylation sites (N-methyl/N-ethyl adjacent to an activating group) is 1. The molecule has 1 amide bonds. The molecule has 1 aliphatic rings. The summed E-state index contributed by atoms with van der Waals surface area (Å²) in [5.41, 5.74) is 8.42. The zero-order valence-corrected chi connectivity index (χ0v) is 15.0. The largest absolute Gasteiger partial charge is 0.459 e. The third-order valence-corrected chi connectivity index (χ3v) is 5.19. The van der Waals surface area contributed by atoms with Crippen LogP contribution >= 0.6 is 0 Å². The molecule has 5 nitrogen and oxygen atoms in total. The van der Waals surface area contributed by atoms with Gasteiger partial charge < -0.3 is 9.32 Å². The third kappa shape index (κ3) is 3.11. The molecule has 26 heavy (non-hydrogen) atoms. The van der Waals surface area contributed by atoms with Crippen LogP contribution in [0.15, 0.2) is 65.1 Å². The zero-order valence-electron chi connectivity index (χ0n) is 15.0. The molecule has 3 atom stereocenters. The van der Waals surface area contributed by atoms with Crippen molar-refractivity contribution in [1.82, 2.24) is 15.8 Å². The van der Waals surface area contributed by atoms with Gasteiger partial charge in [-0.1, -0.05) is 48.5 Å². The summed E-state index contributed by atoms with van der Waals surface area (Å²) in [6.45, 7) is 1.99. The number of nitrogens with zero attached hydrogens (tertiary/aromatic N) is 1. The molecule has 2 aromatic carbocycles. The van der Waals surface area contributed by atoms with Gasteiger partial charge in [0, 0.05) is 18.5 Å². The first-order valence-electron chi connectivity index (χ1n) is 8.94. The number of fused-ring (bicyclic) bond motifs is 1. The lowest BCUT2D eigenvalue weighted by Gasteiger charge is -2.26. The van der Waals surface area contributed by atoms with E-state index in [4.69, 9.17) is 4.42 Å². The van der Waals surface area contributed by atoms with E-state index in [9.17, 15) is 4.79 Å². The van der Waals surface area contributed by atoms with Gasteiger partial charge in [0.2, 0.25) is 5.91 Å². The summed E-state index contributed by atoms with van der Waals surface area (Å²) in [4.78, 5) is 14.7. The molecule has 2 heterocycles. The van der Waals surface area contributed by atoms with Gasteiger partial charge in [0.05, 0.1) is 6.04 Å². The van der Waals surface area contributed by atoms with Gasteiger partial charge in [0.15, 0.2) is 0 Å². The molecule has 0 aliphatic carbocycles. The predicted molar refractivity (Wildman–Crippen MR) is 101 cm³/mol. The minimum Gasteiger partial charge on any atom is -0.459 e. The second-order valence-corrected chi connectivity index (χ2v) is 6.85. The lowest BCUT2D eigenvalue weighted by Crippen LogP contribution is -2.44. The van der Waals surface area contributed by atoms with E-state index in [-0.39, 0.29) is 24.0 Å². The van der Waals surface area contributed by atoms with Crippen LogP contribution in [0.25, 0.3) is 11.0 Å². The number of carbonyl (C=O) groups excluding carboxylic acids is 1. The Hall–Kier alpha value is -2.63. The van der Waals surface area contributed by atoms with Gasteiger partial charge in [-0.3, -0.25) is 4.79 Å². The first-order chi connectivity index (χ1) is 12.6. The third-order valence-electron chi connectivity index (χ3n) is 5.19. The molecule has 1 fully saturated rings. The Balaban J connectivity index is 1.45. The molecule has 4 rings (SSSR count). The number of rotatable bonds is 4. The van der Waals surface area contributed by atoms with E-state index in [1.54, 1.807) is 4.90 Å². The molecule has 5 heteroatoms. The molecular weight excluding hydrogens is 326 g/mol. The van der Waals surface area contributed by atoms with Crippen LogP contribution in [0.3, 0.4) is 0 Å². The van der Waals surface area contributed by atoms with E-state index in [1.165, 1.54) is 5.56 Å². The van der Waals surface area contributed by atoms with E-state index in [0.29, 0.717) is 0 Å². The van der Waals surface area contributed by atoms with E-state index < -0.39 is 0 Å². The highest BCUT2D eigenvalue weighted by atomic mass is 16.3. The summed E-state index contributed by atoms with van der Waals surface area (Å²) < 4.78 is 5.92. The van der Waals surface area contributed by atoms with Crippen molar-refractivity contribution in [1.29, 1.82) is 0 Å². The Morgan fingerprint density at radius 2 is 1.85 bits per heavy atom. The predicted octanol–water partition coefficient (Wildman–Crippen LogP) is 3.56. The number of hydrazine groups is 1. The molecule has 0 bridgehead atoms. The van der Waals surface area contributed by atoms with Gasteiger partial charge in [0.25, 0.3) is 0 Å². The average Bonchev–Trinajstić information content (AvgIpc) is 3.34.